The van der Waals surface area contributed by atoms with Gasteiger partial charge in [0.25, 0.3) is 0 Å². The van der Waals surface area contributed by atoms with Crippen LogP contribution in [-0.2, 0) is 17.6 Å². The molecule has 0 unspecified atom stereocenters. The van der Waals surface area contributed by atoms with Gasteiger partial charge in [-0.25, -0.2) is 4.39 Å². The highest BCUT2D eigenvalue weighted by atomic mass is 19.1. The molecule has 3 rings (SSSR count). The average Bonchev–Trinajstić information content (AvgIpc) is 2.89. The fourth-order valence-electron chi connectivity index (χ4n) is 2.43. The van der Waals surface area contributed by atoms with Crippen LogP contribution >= 0.6 is 0 Å². The van der Waals surface area contributed by atoms with Crippen molar-refractivity contribution in [3.8, 4) is 0 Å². The number of furan rings is 1. The molecule has 0 radical (unpaired) electrons. The molecule has 0 atom stereocenters. The predicted octanol–water partition coefficient (Wildman–Crippen LogP) is 4.32. The number of amides is 1. The molecule has 3 nitrogen and oxygen atoms in total. The Labute approximate surface area is 127 Å². The van der Waals surface area contributed by atoms with Crippen molar-refractivity contribution in [2.45, 2.75) is 19.8 Å². The van der Waals surface area contributed by atoms with E-state index >= 15 is 0 Å². The van der Waals surface area contributed by atoms with E-state index in [0.717, 1.165) is 23.0 Å². The van der Waals surface area contributed by atoms with Gasteiger partial charge in [-0.15, -0.1) is 0 Å². The predicted molar refractivity (Wildman–Crippen MR) is 84.3 cm³/mol. The van der Waals surface area contributed by atoms with Crippen LogP contribution in [0.25, 0.3) is 11.0 Å². The van der Waals surface area contributed by atoms with Crippen molar-refractivity contribution in [1.29, 1.82) is 0 Å². The Morgan fingerprint density at radius 2 is 2.09 bits per heavy atom. The van der Waals surface area contributed by atoms with E-state index in [1.807, 2.05) is 18.2 Å². The van der Waals surface area contributed by atoms with E-state index in [9.17, 15) is 9.18 Å². The molecule has 0 aliphatic carbocycles. The fourth-order valence-corrected chi connectivity index (χ4v) is 2.43. The molecule has 3 aromatic rings. The normalized spacial score (nSPS) is 10.8. The Hall–Kier alpha value is -2.62. The number of nitrogens with one attached hydrogen (secondary N) is 1. The van der Waals surface area contributed by atoms with Crippen LogP contribution in [0.4, 0.5) is 10.1 Å². The van der Waals surface area contributed by atoms with E-state index in [0.29, 0.717) is 5.69 Å². The molecule has 0 aliphatic rings. The lowest BCUT2D eigenvalue weighted by Crippen LogP contribution is -2.14. The van der Waals surface area contributed by atoms with Gasteiger partial charge >= 0.3 is 0 Å². The van der Waals surface area contributed by atoms with Gasteiger partial charge in [-0.2, -0.15) is 0 Å². The second kappa shape index (κ2) is 6.02. The molecule has 1 amide bonds. The van der Waals surface area contributed by atoms with Crippen molar-refractivity contribution >= 4 is 22.6 Å². The summed E-state index contributed by atoms with van der Waals surface area (Å²) >= 11 is 0. The summed E-state index contributed by atoms with van der Waals surface area (Å²) in [5.41, 5.74) is 3.25. The summed E-state index contributed by atoms with van der Waals surface area (Å²) in [5, 5.41) is 3.62. The van der Waals surface area contributed by atoms with Crippen LogP contribution in [0.5, 0.6) is 0 Å². The molecule has 0 spiro atoms. The number of fused-ring (bicyclic) bond motifs is 1. The molecule has 4 heteroatoms. The Bertz CT molecular complexity index is 823. The molecule has 0 bridgehead atoms. The third-order valence-corrected chi connectivity index (χ3v) is 3.59. The van der Waals surface area contributed by atoms with Gasteiger partial charge in [0.15, 0.2) is 0 Å². The van der Waals surface area contributed by atoms with E-state index < -0.39 is 0 Å². The third kappa shape index (κ3) is 3.01. The van der Waals surface area contributed by atoms with Gasteiger partial charge in [-0.3, -0.25) is 4.79 Å². The molecular formula is C18H16FNO2. The summed E-state index contributed by atoms with van der Waals surface area (Å²) in [6.45, 7) is 2.08. The number of benzene rings is 2. The van der Waals surface area contributed by atoms with Crippen molar-refractivity contribution < 1.29 is 13.6 Å². The maximum Gasteiger partial charge on any atom is 0.228 e. The first kappa shape index (κ1) is 14.3. The van der Waals surface area contributed by atoms with E-state index in [2.05, 4.69) is 12.2 Å². The van der Waals surface area contributed by atoms with E-state index in [-0.39, 0.29) is 18.1 Å². The standard InChI is InChI=1S/C18H16FNO2/c1-2-12-6-7-16-13(11-22-17(16)8-12)9-18(21)20-15-5-3-4-14(19)10-15/h3-8,10-11H,2,9H2,1H3,(H,20,21). The maximum atomic E-state index is 13.1. The van der Waals surface area contributed by atoms with Crippen LogP contribution in [0.1, 0.15) is 18.1 Å². The van der Waals surface area contributed by atoms with Gasteiger partial charge in [-0.05, 0) is 36.2 Å². The van der Waals surface area contributed by atoms with Crippen LogP contribution in [-0.4, -0.2) is 5.91 Å². The van der Waals surface area contributed by atoms with Crippen LogP contribution in [0.15, 0.2) is 53.1 Å². The average molecular weight is 297 g/mol. The molecule has 0 saturated heterocycles. The molecule has 1 aromatic heterocycles. The first-order chi connectivity index (χ1) is 10.7. The van der Waals surface area contributed by atoms with Gasteiger partial charge < -0.3 is 9.73 Å². The largest absolute Gasteiger partial charge is 0.464 e. The van der Waals surface area contributed by atoms with Crippen molar-refractivity contribution in [3.05, 3.63) is 65.7 Å². The van der Waals surface area contributed by atoms with Gasteiger partial charge in [0.1, 0.15) is 11.4 Å². The zero-order chi connectivity index (χ0) is 15.5. The van der Waals surface area contributed by atoms with Gasteiger partial charge in [0.05, 0.1) is 12.7 Å². The van der Waals surface area contributed by atoms with Crippen molar-refractivity contribution in [3.63, 3.8) is 0 Å². The number of hydrogen-bond donors (Lipinski definition) is 1. The van der Waals surface area contributed by atoms with Crippen LogP contribution in [0, 0.1) is 5.82 Å². The van der Waals surface area contributed by atoms with Crippen LogP contribution in [0.3, 0.4) is 0 Å². The quantitative estimate of drug-likeness (QED) is 0.779. The molecule has 0 fully saturated rings. The number of rotatable bonds is 4. The lowest BCUT2D eigenvalue weighted by Gasteiger charge is -2.04. The van der Waals surface area contributed by atoms with Crippen molar-refractivity contribution in [1.82, 2.24) is 0 Å². The number of hydrogen-bond acceptors (Lipinski definition) is 2. The molecule has 112 valence electrons. The second-order valence-corrected chi connectivity index (χ2v) is 5.18. The Kier molecular flexibility index (Phi) is 3.92. The third-order valence-electron chi connectivity index (χ3n) is 3.59. The molecule has 1 N–H and O–H groups in total. The minimum absolute atomic E-state index is 0.189. The second-order valence-electron chi connectivity index (χ2n) is 5.18. The summed E-state index contributed by atoms with van der Waals surface area (Å²) < 4.78 is 18.6. The molecule has 2 aromatic carbocycles. The number of halogens is 1. The van der Waals surface area contributed by atoms with Gasteiger partial charge in [0, 0.05) is 16.6 Å². The molecule has 1 heterocycles. The zero-order valence-electron chi connectivity index (χ0n) is 12.2. The highest BCUT2D eigenvalue weighted by molar-refractivity contribution is 5.95. The summed E-state index contributed by atoms with van der Waals surface area (Å²) in [6, 6.07) is 11.8. The topological polar surface area (TPSA) is 42.2 Å². The summed E-state index contributed by atoms with van der Waals surface area (Å²) in [6.07, 6.45) is 2.73. The SMILES string of the molecule is CCc1ccc2c(CC(=O)Nc3cccc(F)c3)coc2c1. The van der Waals surface area contributed by atoms with E-state index in [4.69, 9.17) is 4.42 Å². The van der Waals surface area contributed by atoms with Crippen LogP contribution < -0.4 is 5.32 Å². The lowest BCUT2D eigenvalue weighted by molar-refractivity contribution is -0.115. The summed E-state index contributed by atoms with van der Waals surface area (Å²) in [7, 11) is 0. The first-order valence-corrected chi connectivity index (χ1v) is 7.20. The van der Waals surface area contributed by atoms with Gasteiger partial charge in [-0.1, -0.05) is 25.1 Å². The number of carbonyl (C=O) groups excluding carboxylic acids is 1. The van der Waals surface area contributed by atoms with E-state index in [1.54, 1.807) is 18.4 Å². The highest BCUT2D eigenvalue weighted by Crippen LogP contribution is 2.23. The summed E-state index contributed by atoms with van der Waals surface area (Å²) in [4.78, 5) is 12.1. The van der Waals surface area contributed by atoms with Crippen molar-refractivity contribution in [2.75, 3.05) is 5.32 Å². The van der Waals surface area contributed by atoms with Crippen LogP contribution in [0.2, 0.25) is 0 Å². The fraction of sp³-hybridized carbons (Fsp3) is 0.167. The molecular weight excluding hydrogens is 281 g/mol. The monoisotopic (exact) mass is 297 g/mol. The Balaban J connectivity index is 1.76. The number of carbonyl (C=O) groups is 1. The first-order valence-electron chi connectivity index (χ1n) is 7.20. The summed E-state index contributed by atoms with van der Waals surface area (Å²) in [5.74, 6) is -0.577. The van der Waals surface area contributed by atoms with Crippen molar-refractivity contribution in [2.24, 2.45) is 0 Å². The highest BCUT2D eigenvalue weighted by Gasteiger charge is 2.11. The molecule has 0 aliphatic heterocycles. The minimum Gasteiger partial charge on any atom is -0.464 e. The Morgan fingerprint density at radius 1 is 1.23 bits per heavy atom. The van der Waals surface area contributed by atoms with Gasteiger partial charge in [0.2, 0.25) is 5.91 Å². The number of anilines is 1. The lowest BCUT2D eigenvalue weighted by atomic mass is 10.1. The molecule has 0 saturated carbocycles. The minimum atomic E-state index is -0.376. The smallest absolute Gasteiger partial charge is 0.228 e. The molecule has 22 heavy (non-hydrogen) atoms. The zero-order valence-corrected chi connectivity index (χ0v) is 12.2. The van der Waals surface area contributed by atoms with E-state index in [1.165, 1.54) is 17.7 Å². The Morgan fingerprint density at radius 3 is 2.86 bits per heavy atom. The number of aryl methyl sites for hydroxylation is 1. The maximum absolute atomic E-state index is 13.1.